The van der Waals surface area contributed by atoms with Crippen LogP contribution in [0.5, 0.6) is 0 Å². The summed E-state index contributed by atoms with van der Waals surface area (Å²) in [6, 6.07) is 4.96. The molecule has 6 heteroatoms. The van der Waals surface area contributed by atoms with E-state index < -0.39 is 11.9 Å². The zero-order valence-electron chi connectivity index (χ0n) is 9.37. The maximum absolute atomic E-state index is 12.9. The Morgan fingerprint density at radius 3 is 2.76 bits per heavy atom. The predicted octanol–water partition coefficient (Wildman–Crippen LogP) is 0.671. The van der Waals surface area contributed by atoms with Crippen LogP contribution in [0.3, 0.4) is 0 Å². The molecule has 1 aromatic carbocycles. The van der Waals surface area contributed by atoms with E-state index in [-0.39, 0.29) is 18.4 Å². The first-order valence-electron chi connectivity index (χ1n) is 5.07. The van der Waals surface area contributed by atoms with Gasteiger partial charge in [0.15, 0.2) is 0 Å². The summed E-state index contributed by atoms with van der Waals surface area (Å²) in [5.41, 5.74) is 5.50. The van der Waals surface area contributed by atoms with Crippen LogP contribution in [0.15, 0.2) is 24.3 Å². The van der Waals surface area contributed by atoms with Gasteiger partial charge in [0, 0.05) is 6.04 Å². The fourth-order valence-corrected chi connectivity index (χ4v) is 1.32. The number of urea groups is 1. The van der Waals surface area contributed by atoms with E-state index in [4.69, 9.17) is 5.73 Å². The number of rotatable bonds is 4. The molecule has 0 saturated carbocycles. The third-order valence-electron chi connectivity index (χ3n) is 2.18. The molecule has 0 aliphatic rings. The van der Waals surface area contributed by atoms with Crippen molar-refractivity contribution in [1.29, 1.82) is 0 Å². The molecule has 0 fully saturated rings. The first-order chi connectivity index (χ1) is 7.99. The molecular formula is C11H14FN3O2. The minimum absolute atomic E-state index is 0.0688. The Hall–Kier alpha value is -1.95. The largest absolute Gasteiger partial charge is 0.351 e. The highest BCUT2D eigenvalue weighted by molar-refractivity contribution is 5.94. The van der Waals surface area contributed by atoms with Gasteiger partial charge in [0.2, 0.25) is 5.91 Å². The van der Waals surface area contributed by atoms with Gasteiger partial charge in [0.05, 0.1) is 6.54 Å². The van der Waals surface area contributed by atoms with Crippen molar-refractivity contribution in [1.82, 2.24) is 10.6 Å². The summed E-state index contributed by atoms with van der Waals surface area (Å²) < 4.78 is 12.9. The molecule has 92 valence electrons. The summed E-state index contributed by atoms with van der Waals surface area (Å²) in [5.74, 6) is -0.863. The van der Waals surface area contributed by atoms with E-state index in [2.05, 4.69) is 5.32 Å². The zero-order chi connectivity index (χ0) is 12.8. The topological polar surface area (TPSA) is 84.2 Å². The Morgan fingerprint density at radius 1 is 1.47 bits per heavy atom. The van der Waals surface area contributed by atoms with E-state index in [1.807, 2.05) is 5.32 Å². The number of halogens is 1. The van der Waals surface area contributed by atoms with E-state index in [0.29, 0.717) is 0 Å². The van der Waals surface area contributed by atoms with Gasteiger partial charge in [-0.3, -0.25) is 10.1 Å². The molecule has 0 unspecified atom stereocenters. The van der Waals surface area contributed by atoms with Crippen molar-refractivity contribution in [3.8, 4) is 0 Å². The SMILES string of the molecule is C[C@H](NCC(=O)NC(N)=O)c1cccc(F)c1. The Kier molecular flexibility index (Phi) is 4.59. The molecule has 0 saturated heterocycles. The molecule has 3 amide bonds. The highest BCUT2D eigenvalue weighted by atomic mass is 19.1. The average molecular weight is 239 g/mol. The molecule has 0 aliphatic heterocycles. The summed E-state index contributed by atoms with van der Waals surface area (Å²) in [7, 11) is 0. The fraction of sp³-hybridized carbons (Fsp3) is 0.273. The van der Waals surface area contributed by atoms with Crippen molar-refractivity contribution in [2.45, 2.75) is 13.0 Å². The summed E-state index contributed by atoms with van der Waals surface area (Å²) in [6.07, 6.45) is 0. The van der Waals surface area contributed by atoms with Crippen LogP contribution >= 0.6 is 0 Å². The van der Waals surface area contributed by atoms with Gasteiger partial charge >= 0.3 is 6.03 Å². The minimum Gasteiger partial charge on any atom is -0.351 e. The molecule has 0 bridgehead atoms. The molecule has 1 atom stereocenters. The van der Waals surface area contributed by atoms with Crippen LogP contribution in [-0.4, -0.2) is 18.5 Å². The molecule has 17 heavy (non-hydrogen) atoms. The van der Waals surface area contributed by atoms with Crippen molar-refractivity contribution < 1.29 is 14.0 Å². The van der Waals surface area contributed by atoms with Gasteiger partial charge in [-0.25, -0.2) is 9.18 Å². The lowest BCUT2D eigenvalue weighted by Gasteiger charge is -2.13. The number of hydrogen-bond acceptors (Lipinski definition) is 3. The lowest BCUT2D eigenvalue weighted by Crippen LogP contribution is -2.41. The number of carbonyl (C=O) groups is 2. The third kappa shape index (κ3) is 4.60. The lowest BCUT2D eigenvalue weighted by atomic mass is 10.1. The van der Waals surface area contributed by atoms with E-state index >= 15 is 0 Å². The van der Waals surface area contributed by atoms with Crippen LogP contribution in [0, 0.1) is 5.82 Å². The minimum atomic E-state index is -0.893. The maximum Gasteiger partial charge on any atom is 0.318 e. The van der Waals surface area contributed by atoms with Gasteiger partial charge in [-0.2, -0.15) is 0 Å². The average Bonchev–Trinajstić information content (AvgIpc) is 2.25. The van der Waals surface area contributed by atoms with Crippen molar-refractivity contribution in [2.75, 3.05) is 6.54 Å². The van der Waals surface area contributed by atoms with Gasteiger partial charge in [-0.15, -0.1) is 0 Å². The first kappa shape index (κ1) is 13.1. The summed E-state index contributed by atoms with van der Waals surface area (Å²) >= 11 is 0. The molecule has 0 aliphatic carbocycles. The second kappa shape index (κ2) is 5.95. The molecule has 1 aromatic rings. The van der Waals surface area contributed by atoms with Gasteiger partial charge in [-0.1, -0.05) is 12.1 Å². The molecule has 1 rings (SSSR count). The molecule has 0 aromatic heterocycles. The zero-order valence-corrected chi connectivity index (χ0v) is 9.37. The van der Waals surface area contributed by atoms with Crippen LogP contribution in [0.1, 0.15) is 18.5 Å². The highest BCUT2D eigenvalue weighted by Gasteiger charge is 2.09. The smallest absolute Gasteiger partial charge is 0.318 e. The van der Waals surface area contributed by atoms with Gasteiger partial charge < -0.3 is 11.1 Å². The number of hydrogen-bond donors (Lipinski definition) is 3. The van der Waals surface area contributed by atoms with Crippen LogP contribution in [-0.2, 0) is 4.79 Å². The Morgan fingerprint density at radius 2 is 2.18 bits per heavy atom. The van der Waals surface area contributed by atoms with Crippen LogP contribution < -0.4 is 16.4 Å². The number of benzene rings is 1. The number of nitrogens with one attached hydrogen (secondary N) is 2. The van der Waals surface area contributed by atoms with E-state index in [1.54, 1.807) is 19.1 Å². The van der Waals surface area contributed by atoms with Crippen LogP contribution in [0.25, 0.3) is 0 Å². The molecule has 0 radical (unpaired) electrons. The van der Waals surface area contributed by atoms with Crippen molar-refractivity contribution in [3.05, 3.63) is 35.6 Å². The number of primary amides is 1. The Labute approximate surface area is 98.2 Å². The lowest BCUT2D eigenvalue weighted by molar-refractivity contribution is -0.119. The summed E-state index contributed by atoms with van der Waals surface area (Å²) in [4.78, 5) is 21.5. The van der Waals surface area contributed by atoms with E-state index in [9.17, 15) is 14.0 Å². The quantitative estimate of drug-likeness (QED) is 0.722. The van der Waals surface area contributed by atoms with Crippen LogP contribution in [0.2, 0.25) is 0 Å². The summed E-state index contributed by atoms with van der Waals surface area (Å²) in [6.45, 7) is 1.72. The molecule has 0 heterocycles. The third-order valence-corrected chi connectivity index (χ3v) is 2.18. The highest BCUT2D eigenvalue weighted by Crippen LogP contribution is 2.12. The number of nitrogens with two attached hydrogens (primary N) is 1. The number of imide groups is 1. The molecule has 0 spiro atoms. The van der Waals surface area contributed by atoms with Gasteiger partial charge in [-0.05, 0) is 24.6 Å². The first-order valence-corrected chi connectivity index (χ1v) is 5.07. The van der Waals surface area contributed by atoms with E-state index in [0.717, 1.165) is 5.56 Å². The van der Waals surface area contributed by atoms with Crippen molar-refractivity contribution >= 4 is 11.9 Å². The number of carbonyl (C=O) groups excluding carboxylic acids is 2. The van der Waals surface area contributed by atoms with Crippen molar-refractivity contribution in [2.24, 2.45) is 5.73 Å². The second-order valence-electron chi connectivity index (χ2n) is 3.57. The Balaban J connectivity index is 2.47. The fourth-order valence-electron chi connectivity index (χ4n) is 1.32. The molecule has 5 nitrogen and oxygen atoms in total. The monoisotopic (exact) mass is 239 g/mol. The summed E-state index contributed by atoms with van der Waals surface area (Å²) in [5, 5.41) is 4.77. The molecular weight excluding hydrogens is 225 g/mol. The Bertz CT molecular complexity index is 423. The molecule has 4 N–H and O–H groups in total. The van der Waals surface area contributed by atoms with E-state index in [1.165, 1.54) is 12.1 Å². The maximum atomic E-state index is 12.9. The normalized spacial score (nSPS) is 11.9. The van der Waals surface area contributed by atoms with Gasteiger partial charge in [0.25, 0.3) is 0 Å². The standard InChI is InChI=1S/C11H14FN3O2/c1-7(8-3-2-4-9(12)5-8)14-6-10(16)15-11(13)17/h2-5,7,14H,6H2,1H3,(H3,13,15,16,17)/t7-/m0/s1. The van der Waals surface area contributed by atoms with Crippen LogP contribution in [0.4, 0.5) is 9.18 Å². The van der Waals surface area contributed by atoms with Crippen molar-refractivity contribution in [3.63, 3.8) is 0 Å². The predicted molar refractivity (Wildman–Crippen MR) is 60.5 cm³/mol. The van der Waals surface area contributed by atoms with Gasteiger partial charge in [0.1, 0.15) is 5.82 Å². The second-order valence-corrected chi connectivity index (χ2v) is 3.57. The number of amides is 3.